The van der Waals surface area contributed by atoms with E-state index in [4.69, 9.17) is 4.74 Å². The van der Waals surface area contributed by atoms with E-state index in [0.29, 0.717) is 12.6 Å². The Hall–Kier alpha value is -3.22. The van der Waals surface area contributed by atoms with E-state index in [9.17, 15) is 4.79 Å². The quantitative estimate of drug-likeness (QED) is 0.679. The van der Waals surface area contributed by atoms with Crippen molar-refractivity contribution in [3.8, 4) is 17.1 Å². The van der Waals surface area contributed by atoms with Gasteiger partial charge >= 0.3 is 0 Å². The fourth-order valence-electron chi connectivity index (χ4n) is 3.15. The van der Waals surface area contributed by atoms with Gasteiger partial charge in [-0.1, -0.05) is 6.07 Å². The van der Waals surface area contributed by atoms with Crippen LogP contribution in [-0.4, -0.2) is 32.7 Å². The lowest BCUT2D eigenvalue weighted by Crippen LogP contribution is -2.15. The number of hydrogen-bond acceptors (Lipinski definition) is 5. The van der Waals surface area contributed by atoms with E-state index in [1.54, 1.807) is 0 Å². The molecule has 1 heterocycles. The number of carbonyl (C=O) groups excluding carboxylic acids is 1. The van der Waals surface area contributed by atoms with Gasteiger partial charge in [0, 0.05) is 11.3 Å². The molecule has 0 unspecified atom stereocenters. The molecule has 0 saturated heterocycles. The molecule has 0 atom stereocenters. The van der Waals surface area contributed by atoms with E-state index in [0.717, 1.165) is 46.8 Å². The van der Waals surface area contributed by atoms with Crippen LogP contribution in [0.15, 0.2) is 42.5 Å². The third kappa shape index (κ3) is 4.36. The third-order valence-electron chi connectivity index (χ3n) is 4.61. The molecular weight excluding hydrogens is 354 g/mol. The van der Waals surface area contributed by atoms with Crippen LogP contribution in [0.25, 0.3) is 11.4 Å². The van der Waals surface area contributed by atoms with Crippen molar-refractivity contribution in [1.29, 1.82) is 0 Å². The summed E-state index contributed by atoms with van der Waals surface area (Å²) >= 11 is 0. The van der Waals surface area contributed by atoms with Crippen LogP contribution in [0, 0.1) is 13.8 Å². The van der Waals surface area contributed by atoms with Crippen LogP contribution in [0.2, 0.25) is 0 Å². The first kappa shape index (κ1) is 18.2. The molecule has 7 nitrogen and oxygen atoms in total. The van der Waals surface area contributed by atoms with Gasteiger partial charge in [0.2, 0.25) is 5.91 Å². The second kappa shape index (κ2) is 7.80. The number of carbonyl (C=O) groups is 1. The van der Waals surface area contributed by atoms with Gasteiger partial charge in [-0.2, -0.15) is 0 Å². The van der Waals surface area contributed by atoms with Gasteiger partial charge in [0.05, 0.1) is 19.1 Å². The summed E-state index contributed by atoms with van der Waals surface area (Å²) in [6.07, 6.45) is 2.53. The fraction of sp³-hybridized carbons (Fsp3) is 0.333. The molecule has 0 bridgehead atoms. The highest BCUT2D eigenvalue weighted by molar-refractivity contribution is 5.91. The number of aryl methyl sites for hydroxylation is 2. The number of aromatic nitrogens is 4. The first-order valence-electron chi connectivity index (χ1n) is 9.48. The molecule has 1 fully saturated rings. The molecule has 7 heteroatoms. The van der Waals surface area contributed by atoms with Crippen molar-refractivity contribution in [2.75, 3.05) is 11.9 Å². The van der Waals surface area contributed by atoms with Crippen molar-refractivity contribution in [2.24, 2.45) is 0 Å². The molecule has 2 aromatic carbocycles. The Morgan fingerprint density at radius 3 is 2.54 bits per heavy atom. The number of nitrogens with one attached hydrogen (secondary N) is 1. The van der Waals surface area contributed by atoms with Crippen molar-refractivity contribution in [3.63, 3.8) is 0 Å². The maximum atomic E-state index is 12.2. The lowest BCUT2D eigenvalue weighted by molar-refractivity contribution is -0.116. The molecule has 1 aliphatic rings. The van der Waals surface area contributed by atoms with Gasteiger partial charge in [0.25, 0.3) is 0 Å². The van der Waals surface area contributed by atoms with Crippen LogP contribution < -0.4 is 10.1 Å². The molecule has 0 aliphatic heterocycles. The van der Waals surface area contributed by atoms with Crippen LogP contribution in [0.1, 0.15) is 36.4 Å². The summed E-state index contributed by atoms with van der Waals surface area (Å²) in [6, 6.07) is 14.0. The number of anilines is 1. The number of nitrogens with zero attached hydrogens (tertiary/aromatic N) is 4. The number of rotatable bonds is 7. The molecule has 3 aromatic rings. The number of benzene rings is 2. The van der Waals surface area contributed by atoms with E-state index in [2.05, 4.69) is 26.9 Å². The van der Waals surface area contributed by atoms with Crippen LogP contribution in [0.5, 0.6) is 5.75 Å². The zero-order valence-electron chi connectivity index (χ0n) is 16.1. The first-order chi connectivity index (χ1) is 13.6. The standard InChI is InChI=1S/C21H23N5O2/c1-14-11-15(2)13-19(12-14)28-10-9-20(27)22-17-5-3-16(4-6-17)21-23-24-25-26(21)18-7-8-18/h3-6,11-13,18H,7-10H2,1-2H3,(H,22,27). The van der Waals surface area contributed by atoms with Gasteiger partial charge < -0.3 is 10.1 Å². The summed E-state index contributed by atoms with van der Waals surface area (Å²) in [5.41, 5.74) is 3.97. The smallest absolute Gasteiger partial charge is 0.227 e. The maximum absolute atomic E-state index is 12.2. The Morgan fingerprint density at radius 2 is 1.86 bits per heavy atom. The number of tetrazole rings is 1. The minimum absolute atomic E-state index is 0.0834. The number of ether oxygens (including phenoxy) is 1. The summed E-state index contributed by atoms with van der Waals surface area (Å²) in [5.74, 6) is 1.48. The molecular formula is C21H23N5O2. The minimum atomic E-state index is -0.0834. The van der Waals surface area contributed by atoms with Gasteiger partial charge in [-0.05, 0) is 84.6 Å². The van der Waals surface area contributed by atoms with Crippen molar-refractivity contribution in [3.05, 3.63) is 53.6 Å². The van der Waals surface area contributed by atoms with Crippen LogP contribution in [-0.2, 0) is 4.79 Å². The van der Waals surface area contributed by atoms with Crippen molar-refractivity contribution in [2.45, 2.75) is 39.2 Å². The molecule has 0 spiro atoms. The largest absolute Gasteiger partial charge is 0.493 e. The number of amides is 1. The first-order valence-corrected chi connectivity index (χ1v) is 9.48. The molecule has 4 rings (SSSR count). The highest BCUT2D eigenvalue weighted by atomic mass is 16.5. The molecule has 144 valence electrons. The number of hydrogen-bond donors (Lipinski definition) is 1. The molecule has 1 aromatic heterocycles. The predicted octanol–water partition coefficient (Wildman–Crippen LogP) is 3.70. The Balaban J connectivity index is 1.30. The molecule has 1 N–H and O–H groups in total. The highest BCUT2D eigenvalue weighted by Gasteiger charge is 2.28. The van der Waals surface area contributed by atoms with Crippen LogP contribution >= 0.6 is 0 Å². The Labute approximate surface area is 163 Å². The van der Waals surface area contributed by atoms with E-state index >= 15 is 0 Å². The van der Waals surface area contributed by atoms with Gasteiger partial charge in [0.15, 0.2) is 5.82 Å². The van der Waals surface area contributed by atoms with Crippen molar-refractivity contribution >= 4 is 11.6 Å². The lowest BCUT2D eigenvalue weighted by atomic mass is 10.1. The van der Waals surface area contributed by atoms with E-state index in [1.807, 2.05) is 54.9 Å². The predicted molar refractivity (Wildman–Crippen MR) is 106 cm³/mol. The van der Waals surface area contributed by atoms with Gasteiger partial charge in [-0.25, -0.2) is 4.68 Å². The summed E-state index contributed by atoms with van der Waals surface area (Å²) in [7, 11) is 0. The van der Waals surface area contributed by atoms with Crippen LogP contribution in [0.4, 0.5) is 5.69 Å². The highest BCUT2D eigenvalue weighted by Crippen LogP contribution is 2.36. The topological polar surface area (TPSA) is 81.9 Å². The zero-order chi connectivity index (χ0) is 19.5. The summed E-state index contributed by atoms with van der Waals surface area (Å²) in [6.45, 7) is 4.39. The molecule has 1 saturated carbocycles. The average Bonchev–Trinajstić information content (AvgIpc) is 3.38. The third-order valence-corrected chi connectivity index (χ3v) is 4.61. The van der Waals surface area contributed by atoms with E-state index < -0.39 is 0 Å². The van der Waals surface area contributed by atoms with Gasteiger partial charge in [-0.3, -0.25) is 4.79 Å². The SMILES string of the molecule is Cc1cc(C)cc(OCCC(=O)Nc2ccc(-c3nnnn3C3CC3)cc2)c1. The zero-order valence-corrected chi connectivity index (χ0v) is 16.1. The molecule has 28 heavy (non-hydrogen) atoms. The average molecular weight is 377 g/mol. The van der Waals surface area contributed by atoms with Gasteiger partial charge in [-0.15, -0.1) is 5.10 Å². The van der Waals surface area contributed by atoms with Crippen molar-refractivity contribution < 1.29 is 9.53 Å². The van der Waals surface area contributed by atoms with Crippen molar-refractivity contribution in [1.82, 2.24) is 20.2 Å². The summed E-state index contributed by atoms with van der Waals surface area (Å²) in [4.78, 5) is 12.2. The van der Waals surface area contributed by atoms with E-state index in [1.165, 1.54) is 0 Å². The minimum Gasteiger partial charge on any atom is -0.493 e. The van der Waals surface area contributed by atoms with Crippen LogP contribution in [0.3, 0.4) is 0 Å². The Bertz CT molecular complexity index is 956. The molecule has 0 radical (unpaired) electrons. The monoisotopic (exact) mass is 377 g/mol. The molecule has 1 aliphatic carbocycles. The fourth-order valence-corrected chi connectivity index (χ4v) is 3.15. The normalized spacial score (nSPS) is 13.4. The second-order valence-electron chi connectivity index (χ2n) is 7.23. The lowest BCUT2D eigenvalue weighted by Gasteiger charge is -2.09. The Kier molecular flexibility index (Phi) is 5.06. The van der Waals surface area contributed by atoms with E-state index in [-0.39, 0.29) is 12.3 Å². The van der Waals surface area contributed by atoms with Gasteiger partial charge in [0.1, 0.15) is 5.75 Å². The maximum Gasteiger partial charge on any atom is 0.227 e. The summed E-state index contributed by atoms with van der Waals surface area (Å²) < 4.78 is 7.57. The second-order valence-corrected chi connectivity index (χ2v) is 7.23. The summed E-state index contributed by atoms with van der Waals surface area (Å²) in [5, 5.41) is 14.9. The Morgan fingerprint density at radius 1 is 1.14 bits per heavy atom. The molecule has 1 amide bonds.